The molecular formula is C9H11ClN2O2. The fourth-order valence-electron chi connectivity index (χ4n) is 1.13. The number of alkyl halides is 1. The number of rotatable bonds is 4. The zero-order valence-electron chi connectivity index (χ0n) is 7.81. The Morgan fingerprint density at radius 3 is 3.00 bits per heavy atom. The average molecular weight is 215 g/mol. The molecule has 0 radical (unpaired) electrons. The van der Waals surface area contributed by atoms with E-state index < -0.39 is 4.92 Å². The monoisotopic (exact) mass is 214 g/mol. The quantitative estimate of drug-likeness (QED) is 0.440. The molecule has 0 bridgehead atoms. The van der Waals surface area contributed by atoms with E-state index in [1.807, 2.05) is 6.92 Å². The lowest BCUT2D eigenvalue weighted by molar-refractivity contribution is -0.385. The summed E-state index contributed by atoms with van der Waals surface area (Å²) in [6.07, 6.45) is 4.11. The maximum absolute atomic E-state index is 10.6. The van der Waals surface area contributed by atoms with Gasteiger partial charge in [-0.3, -0.25) is 15.1 Å². The highest BCUT2D eigenvalue weighted by molar-refractivity contribution is 6.20. The molecule has 0 aromatic carbocycles. The predicted octanol–water partition coefficient (Wildman–Crippen LogP) is 2.55. The van der Waals surface area contributed by atoms with Crippen molar-refractivity contribution in [3.8, 4) is 0 Å². The second-order valence-electron chi connectivity index (χ2n) is 2.97. The van der Waals surface area contributed by atoms with E-state index >= 15 is 0 Å². The molecule has 1 aromatic heterocycles. The van der Waals surface area contributed by atoms with Crippen LogP contribution in [-0.4, -0.2) is 15.3 Å². The van der Waals surface area contributed by atoms with Crippen LogP contribution in [0.2, 0.25) is 0 Å². The molecule has 76 valence electrons. The lowest BCUT2D eigenvalue weighted by Crippen LogP contribution is -2.04. The largest absolute Gasteiger partial charge is 0.290 e. The van der Waals surface area contributed by atoms with E-state index in [1.54, 1.807) is 12.3 Å². The van der Waals surface area contributed by atoms with E-state index in [-0.39, 0.29) is 11.1 Å². The maximum Gasteiger partial charge on any atom is 0.290 e. The van der Waals surface area contributed by atoms with Crippen LogP contribution in [0.3, 0.4) is 0 Å². The number of hydrogen-bond donors (Lipinski definition) is 0. The predicted molar refractivity (Wildman–Crippen MR) is 54.5 cm³/mol. The Balaban J connectivity index is 2.90. The van der Waals surface area contributed by atoms with Crippen molar-refractivity contribution in [3.05, 3.63) is 34.1 Å². The molecule has 1 unspecified atom stereocenters. The Labute approximate surface area is 87.1 Å². The van der Waals surface area contributed by atoms with Gasteiger partial charge in [-0.2, -0.15) is 0 Å². The van der Waals surface area contributed by atoms with Crippen molar-refractivity contribution in [1.82, 2.24) is 4.98 Å². The van der Waals surface area contributed by atoms with Gasteiger partial charge in [-0.1, -0.05) is 6.92 Å². The summed E-state index contributed by atoms with van der Waals surface area (Å²) in [6.45, 7) is 1.95. The highest BCUT2D eigenvalue weighted by atomic mass is 35.5. The van der Waals surface area contributed by atoms with Crippen LogP contribution in [0.15, 0.2) is 18.5 Å². The van der Waals surface area contributed by atoms with Gasteiger partial charge in [0, 0.05) is 17.1 Å². The molecule has 0 spiro atoms. The first-order chi connectivity index (χ1) is 6.65. The van der Waals surface area contributed by atoms with Crippen LogP contribution < -0.4 is 0 Å². The first kappa shape index (κ1) is 10.9. The molecule has 0 amide bonds. The molecule has 5 heteroatoms. The molecule has 1 atom stereocenters. The highest BCUT2D eigenvalue weighted by Crippen LogP contribution is 2.20. The van der Waals surface area contributed by atoms with Gasteiger partial charge in [0.1, 0.15) is 6.20 Å². The van der Waals surface area contributed by atoms with Crippen molar-refractivity contribution >= 4 is 17.3 Å². The molecule has 0 fully saturated rings. The highest BCUT2D eigenvalue weighted by Gasteiger charge is 2.15. The van der Waals surface area contributed by atoms with E-state index in [0.29, 0.717) is 12.0 Å². The number of nitro groups is 1. The molecule has 0 saturated heterocycles. The Kier molecular flexibility index (Phi) is 3.83. The molecule has 1 rings (SSSR count). The zero-order valence-corrected chi connectivity index (χ0v) is 8.57. The minimum Gasteiger partial charge on any atom is -0.258 e. The van der Waals surface area contributed by atoms with Gasteiger partial charge in [-0.05, 0) is 18.9 Å². The van der Waals surface area contributed by atoms with Crippen LogP contribution in [0.5, 0.6) is 0 Å². The van der Waals surface area contributed by atoms with Crippen molar-refractivity contribution in [2.75, 3.05) is 0 Å². The summed E-state index contributed by atoms with van der Waals surface area (Å²) >= 11 is 5.93. The molecule has 0 aliphatic carbocycles. The van der Waals surface area contributed by atoms with Gasteiger partial charge in [-0.25, -0.2) is 0 Å². The van der Waals surface area contributed by atoms with Gasteiger partial charge in [0.25, 0.3) is 5.69 Å². The summed E-state index contributed by atoms with van der Waals surface area (Å²) in [7, 11) is 0. The van der Waals surface area contributed by atoms with Crippen molar-refractivity contribution in [1.29, 1.82) is 0 Å². The molecular weight excluding hydrogens is 204 g/mol. The molecule has 0 N–H and O–H groups in total. The van der Waals surface area contributed by atoms with E-state index in [2.05, 4.69) is 4.98 Å². The smallest absolute Gasteiger partial charge is 0.258 e. The molecule has 0 aliphatic rings. The summed E-state index contributed by atoms with van der Waals surface area (Å²) < 4.78 is 0. The Morgan fingerprint density at radius 2 is 2.43 bits per heavy atom. The minimum atomic E-state index is -0.429. The van der Waals surface area contributed by atoms with E-state index in [4.69, 9.17) is 11.6 Å². The van der Waals surface area contributed by atoms with Crippen molar-refractivity contribution in [2.24, 2.45) is 0 Å². The lowest BCUT2D eigenvalue weighted by atomic mass is 10.1. The number of aromatic nitrogens is 1. The Hall–Kier alpha value is -1.16. The number of pyridine rings is 1. The van der Waals surface area contributed by atoms with Gasteiger partial charge in [0.2, 0.25) is 0 Å². The summed E-state index contributed by atoms with van der Waals surface area (Å²) in [5.41, 5.74) is 0.693. The maximum atomic E-state index is 10.6. The number of nitrogens with zero attached hydrogens (tertiary/aromatic N) is 2. The van der Waals surface area contributed by atoms with Gasteiger partial charge < -0.3 is 0 Å². The fraction of sp³-hybridized carbons (Fsp3) is 0.444. The van der Waals surface area contributed by atoms with Gasteiger partial charge >= 0.3 is 0 Å². The number of halogens is 1. The summed E-state index contributed by atoms with van der Waals surface area (Å²) in [5, 5.41) is 10.6. The van der Waals surface area contributed by atoms with Crippen LogP contribution >= 0.6 is 11.6 Å². The topological polar surface area (TPSA) is 56.0 Å². The second-order valence-corrected chi connectivity index (χ2v) is 3.59. The normalized spacial score (nSPS) is 12.4. The molecule has 1 aromatic rings. The van der Waals surface area contributed by atoms with Crippen molar-refractivity contribution < 1.29 is 4.92 Å². The van der Waals surface area contributed by atoms with Crippen LogP contribution in [0.25, 0.3) is 0 Å². The Bertz CT molecular complexity index is 330. The first-order valence-electron chi connectivity index (χ1n) is 4.36. The molecule has 0 aliphatic heterocycles. The summed E-state index contributed by atoms with van der Waals surface area (Å²) in [4.78, 5) is 13.9. The van der Waals surface area contributed by atoms with Crippen LogP contribution in [0, 0.1) is 10.1 Å². The third kappa shape index (κ3) is 2.67. The molecule has 0 saturated carbocycles. The standard InChI is InChI=1S/C9H11ClN2O2/c1-2-8(10)5-7-3-4-11-6-9(7)12(13)14/h3-4,6,8H,2,5H2,1H3. The third-order valence-corrected chi connectivity index (χ3v) is 2.43. The first-order valence-corrected chi connectivity index (χ1v) is 4.80. The van der Waals surface area contributed by atoms with E-state index in [1.165, 1.54) is 6.20 Å². The number of hydrogen-bond acceptors (Lipinski definition) is 3. The summed E-state index contributed by atoms with van der Waals surface area (Å²) in [5.74, 6) is 0. The Morgan fingerprint density at radius 1 is 1.71 bits per heavy atom. The zero-order chi connectivity index (χ0) is 10.6. The third-order valence-electron chi connectivity index (χ3n) is 1.97. The van der Waals surface area contributed by atoms with Gasteiger partial charge in [-0.15, -0.1) is 11.6 Å². The SMILES string of the molecule is CCC(Cl)Cc1ccncc1[N+](=O)[O-]. The molecule has 1 heterocycles. The minimum absolute atomic E-state index is 0.0478. The van der Waals surface area contributed by atoms with Crippen LogP contribution in [0.4, 0.5) is 5.69 Å². The van der Waals surface area contributed by atoms with E-state index in [9.17, 15) is 10.1 Å². The average Bonchev–Trinajstić information content (AvgIpc) is 2.18. The van der Waals surface area contributed by atoms with Crippen molar-refractivity contribution in [3.63, 3.8) is 0 Å². The van der Waals surface area contributed by atoms with Crippen LogP contribution in [0.1, 0.15) is 18.9 Å². The van der Waals surface area contributed by atoms with E-state index in [0.717, 1.165) is 6.42 Å². The van der Waals surface area contributed by atoms with Gasteiger partial charge in [0.15, 0.2) is 0 Å². The second kappa shape index (κ2) is 4.91. The van der Waals surface area contributed by atoms with Crippen LogP contribution in [-0.2, 0) is 6.42 Å². The fourth-order valence-corrected chi connectivity index (χ4v) is 1.30. The van der Waals surface area contributed by atoms with Crippen molar-refractivity contribution in [2.45, 2.75) is 25.1 Å². The van der Waals surface area contributed by atoms with Gasteiger partial charge in [0.05, 0.1) is 4.92 Å². The lowest BCUT2D eigenvalue weighted by Gasteiger charge is -2.05. The molecule has 14 heavy (non-hydrogen) atoms. The summed E-state index contributed by atoms with van der Waals surface area (Å²) in [6, 6.07) is 1.64. The molecule has 4 nitrogen and oxygen atoms in total.